The van der Waals surface area contributed by atoms with Gasteiger partial charge in [0, 0.05) is 18.1 Å². The van der Waals surface area contributed by atoms with Crippen molar-refractivity contribution in [1.29, 1.82) is 0 Å². The van der Waals surface area contributed by atoms with Crippen molar-refractivity contribution in [2.24, 2.45) is 0 Å². The minimum Gasteiger partial charge on any atom is -0.281 e. The molecule has 11 heteroatoms. The zero-order valence-corrected chi connectivity index (χ0v) is 24.8. The van der Waals surface area contributed by atoms with Gasteiger partial charge in [0.1, 0.15) is 23.0 Å². The molecule has 6 aromatic heterocycles. The summed E-state index contributed by atoms with van der Waals surface area (Å²) in [5.74, 6) is 11.2. The van der Waals surface area contributed by atoms with Crippen LogP contribution < -0.4 is 0 Å². The standard InChI is InChI=1S/C17H13FN4.C12H11N3.C5H3F2N/c1-12-16(8-7-15-5-3-4-10-19-15)13(2)22(21-12)17-9-6-14(18)11-20-17;1-9-12(10(2)15-14-9)7-6-11-5-3-4-8-13-11;6-4-1-2-5(7)8-3-4/h3-6,9-11H,1-2H3;3-5,8H,1-2H3,(H,14,15);1-3H. The highest BCUT2D eigenvalue weighted by atomic mass is 19.1. The van der Waals surface area contributed by atoms with E-state index in [1.807, 2.05) is 64.1 Å². The molecular formula is C34H27F3N8. The number of nitrogens with one attached hydrogen (secondary N) is 1. The number of pyridine rings is 4. The summed E-state index contributed by atoms with van der Waals surface area (Å²) in [6.45, 7) is 7.69. The molecule has 0 bridgehead atoms. The Morgan fingerprint density at radius 2 is 1.22 bits per heavy atom. The van der Waals surface area contributed by atoms with Gasteiger partial charge in [0.15, 0.2) is 5.82 Å². The molecule has 6 aromatic rings. The summed E-state index contributed by atoms with van der Waals surface area (Å²) >= 11 is 0. The normalized spacial score (nSPS) is 9.76. The zero-order valence-electron chi connectivity index (χ0n) is 24.8. The molecule has 45 heavy (non-hydrogen) atoms. The maximum atomic E-state index is 13.0. The first-order valence-corrected chi connectivity index (χ1v) is 13.5. The summed E-state index contributed by atoms with van der Waals surface area (Å²) in [7, 11) is 0. The first-order valence-electron chi connectivity index (χ1n) is 13.5. The fraction of sp³-hybridized carbons (Fsp3) is 0.118. The monoisotopic (exact) mass is 604 g/mol. The SMILES string of the molecule is Cc1n[nH]c(C)c1C#Cc1ccccn1.Cc1nn(-c2ccc(F)cn2)c(C)c1C#Cc1ccccn1.Fc1ccc(F)nc1. The first-order chi connectivity index (χ1) is 21.7. The van der Waals surface area contributed by atoms with Gasteiger partial charge in [-0.2, -0.15) is 14.6 Å². The van der Waals surface area contributed by atoms with Crippen molar-refractivity contribution in [2.45, 2.75) is 27.7 Å². The van der Waals surface area contributed by atoms with E-state index < -0.39 is 11.8 Å². The Morgan fingerprint density at radius 3 is 1.69 bits per heavy atom. The minimum atomic E-state index is -0.661. The van der Waals surface area contributed by atoms with Crippen molar-refractivity contribution in [3.05, 3.63) is 148 Å². The summed E-state index contributed by atoms with van der Waals surface area (Å²) in [5.41, 5.74) is 6.85. The highest BCUT2D eigenvalue weighted by molar-refractivity contribution is 5.47. The van der Waals surface area contributed by atoms with Crippen LogP contribution in [0.25, 0.3) is 5.82 Å². The average molecular weight is 605 g/mol. The van der Waals surface area contributed by atoms with Crippen molar-refractivity contribution in [1.82, 2.24) is 39.9 Å². The second kappa shape index (κ2) is 15.4. The molecule has 0 amide bonds. The Morgan fingerprint density at radius 1 is 0.622 bits per heavy atom. The van der Waals surface area contributed by atoms with Crippen molar-refractivity contribution >= 4 is 0 Å². The highest BCUT2D eigenvalue weighted by Gasteiger charge is 2.12. The molecule has 0 aliphatic heterocycles. The molecule has 0 unspecified atom stereocenters. The molecule has 0 saturated carbocycles. The number of hydrogen-bond acceptors (Lipinski definition) is 6. The van der Waals surface area contributed by atoms with Crippen LogP contribution in [-0.2, 0) is 0 Å². The fourth-order valence-corrected chi connectivity index (χ4v) is 3.76. The Kier molecular flexibility index (Phi) is 10.9. The van der Waals surface area contributed by atoms with Crippen LogP contribution in [-0.4, -0.2) is 39.9 Å². The van der Waals surface area contributed by atoms with Crippen LogP contribution in [0.2, 0.25) is 0 Å². The molecule has 0 spiro atoms. The van der Waals surface area contributed by atoms with E-state index in [0.29, 0.717) is 11.5 Å². The molecule has 0 aliphatic carbocycles. The molecule has 6 heterocycles. The lowest BCUT2D eigenvalue weighted by atomic mass is 10.2. The van der Waals surface area contributed by atoms with Crippen LogP contribution in [0.5, 0.6) is 0 Å². The number of aromatic amines is 1. The van der Waals surface area contributed by atoms with Gasteiger partial charge in [-0.15, -0.1) is 0 Å². The number of hydrogen-bond donors (Lipinski definition) is 1. The first kappa shape index (κ1) is 31.9. The van der Waals surface area contributed by atoms with Gasteiger partial charge < -0.3 is 0 Å². The van der Waals surface area contributed by atoms with Crippen molar-refractivity contribution in [3.63, 3.8) is 0 Å². The maximum absolute atomic E-state index is 13.0. The second-order valence-corrected chi connectivity index (χ2v) is 9.33. The van der Waals surface area contributed by atoms with E-state index in [1.165, 1.54) is 12.3 Å². The van der Waals surface area contributed by atoms with Crippen LogP contribution in [0.15, 0.2) is 85.5 Å². The van der Waals surface area contributed by atoms with Crippen molar-refractivity contribution in [2.75, 3.05) is 0 Å². The van der Waals surface area contributed by atoms with Gasteiger partial charge in [-0.05, 0) is 88.1 Å². The predicted molar refractivity (Wildman–Crippen MR) is 163 cm³/mol. The minimum absolute atomic E-state index is 0.375. The Bertz CT molecular complexity index is 1920. The molecular weight excluding hydrogens is 577 g/mol. The molecule has 224 valence electrons. The van der Waals surface area contributed by atoms with Crippen LogP contribution in [0.1, 0.15) is 45.3 Å². The van der Waals surface area contributed by atoms with Gasteiger partial charge in [0.05, 0.1) is 40.6 Å². The van der Waals surface area contributed by atoms with E-state index in [2.05, 4.69) is 58.9 Å². The smallest absolute Gasteiger partial charge is 0.212 e. The van der Waals surface area contributed by atoms with Gasteiger partial charge in [-0.25, -0.2) is 33.4 Å². The zero-order chi connectivity index (χ0) is 32.2. The summed E-state index contributed by atoms with van der Waals surface area (Å²) in [6.07, 6.45) is 5.44. The number of aromatic nitrogens is 8. The third kappa shape index (κ3) is 9.21. The Balaban J connectivity index is 0.000000172. The summed E-state index contributed by atoms with van der Waals surface area (Å²) in [6, 6.07) is 16.2. The van der Waals surface area contributed by atoms with Gasteiger partial charge >= 0.3 is 0 Å². The number of rotatable bonds is 1. The van der Waals surface area contributed by atoms with Gasteiger partial charge in [0.25, 0.3) is 0 Å². The van der Waals surface area contributed by atoms with Gasteiger partial charge in [-0.3, -0.25) is 5.10 Å². The van der Waals surface area contributed by atoms with Crippen LogP contribution in [0.4, 0.5) is 13.2 Å². The molecule has 0 aliphatic rings. The fourth-order valence-electron chi connectivity index (χ4n) is 3.76. The lowest BCUT2D eigenvalue weighted by Gasteiger charge is -2.02. The number of H-pyrrole nitrogens is 1. The molecule has 0 fully saturated rings. The van der Waals surface area contributed by atoms with Crippen LogP contribution >= 0.6 is 0 Å². The molecule has 6 rings (SSSR count). The quantitative estimate of drug-likeness (QED) is 0.183. The summed E-state index contributed by atoms with van der Waals surface area (Å²) in [4.78, 5) is 15.4. The second-order valence-electron chi connectivity index (χ2n) is 9.33. The Hall–Kier alpha value is -6.07. The topological polar surface area (TPSA) is 98.1 Å². The molecule has 8 nitrogen and oxygen atoms in total. The number of aryl methyl sites for hydroxylation is 3. The van der Waals surface area contributed by atoms with Gasteiger partial charge in [-0.1, -0.05) is 24.0 Å². The van der Waals surface area contributed by atoms with E-state index in [9.17, 15) is 13.2 Å². The van der Waals surface area contributed by atoms with Crippen LogP contribution in [0, 0.1) is 69.0 Å². The Labute approximate surface area is 258 Å². The van der Waals surface area contributed by atoms with Crippen molar-refractivity contribution < 1.29 is 13.2 Å². The van der Waals surface area contributed by atoms with E-state index in [0.717, 1.165) is 57.9 Å². The van der Waals surface area contributed by atoms with Gasteiger partial charge in [0.2, 0.25) is 5.95 Å². The van der Waals surface area contributed by atoms with Crippen molar-refractivity contribution in [3.8, 4) is 29.5 Å². The third-order valence-corrected chi connectivity index (χ3v) is 6.00. The van der Waals surface area contributed by atoms with E-state index in [4.69, 9.17) is 0 Å². The van der Waals surface area contributed by atoms with E-state index in [1.54, 1.807) is 23.1 Å². The molecule has 0 radical (unpaired) electrons. The third-order valence-electron chi connectivity index (χ3n) is 6.00. The predicted octanol–water partition coefficient (Wildman–Crippen LogP) is 6.00. The molecule has 0 atom stereocenters. The van der Waals surface area contributed by atoms with Crippen LogP contribution in [0.3, 0.4) is 0 Å². The highest BCUT2D eigenvalue weighted by Crippen LogP contribution is 2.16. The summed E-state index contributed by atoms with van der Waals surface area (Å²) < 4.78 is 38.3. The summed E-state index contributed by atoms with van der Waals surface area (Å²) in [5, 5.41) is 11.4. The largest absolute Gasteiger partial charge is 0.281 e. The van der Waals surface area contributed by atoms with E-state index in [-0.39, 0.29) is 5.82 Å². The number of halogens is 3. The lowest BCUT2D eigenvalue weighted by molar-refractivity contribution is 0.560. The average Bonchev–Trinajstić information content (AvgIpc) is 3.53. The molecule has 0 saturated heterocycles. The lowest BCUT2D eigenvalue weighted by Crippen LogP contribution is -2.02. The molecule has 0 aromatic carbocycles. The van der Waals surface area contributed by atoms with E-state index >= 15 is 0 Å². The molecule has 1 N–H and O–H groups in total. The number of nitrogens with zero attached hydrogens (tertiary/aromatic N) is 7. The maximum Gasteiger partial charge on any atom is 0.212 e.